The van der Waals surface area contributed by atoms with Crippen LogP contribution in [0.25, 0.3) is 0 Å². The molecule has 0 amide bonds. The molecule has 2 nitrogen and oxygen atoms in total. The van der Waals surface area contributed by atoms with Crippen LogP contribution in [0.5, 0.6) is 0 Å². The van der Waals surface area contributed by atoms with E-state index in [1.165, 1.54) is 12.3 Å². The summed E-state index contributed by atoms with van der Waals surface area (Å²) in [5.41, 5.74) is 0.639. The van der Waals surface area contributed by atoms with E-state index in [-0.39, 0.29) is 11.4 Å². The summed E-state index contributed by atoms with van der Waals surface area (Å²) in [5, 5.41) is 0. The molecule has 1 aromatic heterocycles. The third kappa shape index (κ3) is 1.10. The number of pyridine rings is 1. The van der Waals surface area contributed by atoms with E-state index in [1.54, 1.807) is 6.07 Å². The van der Waals surface area contributed by atoms with E-state index in [0.717, 1.165) is 12.1 Å². The summed E-state index contributed by atoms with van der Waals surface area (Å²) in [6.45, 7) is 2.75. The van der Waals surface area contributed by atoms with Gasteiger partial charge in [-0.05, 0) is 18.6 Å². The van der Waals surface area contributed by atoms with E-state index in [1.807, 2.05) is 6.92 Å². The molecular weight excluding hydrogens is 157 g/mol. The van der Waals surface area contributed by atoms with Gasteiger partial charge in [-0.2, -0.15) is 0 Å². The van der Waals surface area contributed by atoms with Gasteiger partial charge in [0, 0.05) is 0 Å². The van der Waals surface area contributed by atoms with Crippen molar-refractivity contribution < 1.29 is 9.13 Å². The maximum absolute atomic E-state index is 12.5. The van der Waals surface area contributed by atoms with Crippen molar-refractivity contribution in [1.82, 2.24) is 4.98 Å². The third-order valence-electron chi connectivity index (χ3n) is 2.26. The Morgan fingerprint density at radius 2 is 2.42 bits per heavy atom. The fraction of sp³-hybridized carbons (Fsp3) is 0.444. The van der Waals surface area contributed by atoms with Crippen molar-refractivity contribution in [2.45, 2.75) is 18.9 Å². The maximum Gasteiger partial charge on any atom is 0.141 e. The number of aromatic nitrogens is 1. The first-order chi connectivity index (χ1) is 5.77. The molecule has 1 unspecified atom stereocenters. The van der Waals surface area contributed by atoms with Crippen LogP contribution >= 0.6 is 0 Å². The molecule has 0 aromatic carbocycles. The molecule has 1 aliphatic rings. The number of epoxide rings is 1. The monoisotopic (exact) mass is 167 g/mol. The molecule has 64 valence electrons. The second-order valence-electron chi connectivity index (χ2n) is 3.00. The zero-order valence-electron chi connectivity index (χ0n) is 6.88. The van der Waals surface area contributed by atoms with Gasteiger partial charge < -0.3 is 4.74 Å². The van der Waals surface area contributed by atoms with Crippen LogP contribution in [0.1, 0.15) is 19.0 Å². The lowest BCUT2D eigenvalue weighted by Crippen LogP contribution is -2.08. The molecule has 2 heterocycles. The zero-order valence-corrected chi connectivity index (χ0v) is 6.88. The summed E-state index contributed by atoms with van der Waals surface area (Å²) in [7, 11) is 0. The Kier molecular flexibility index (Phi) is 1.61. The molecule has 1 fully saturated rings. The van der Waals surface area contributed by atoms with Crippen LogP contribution in [-0.2, 0) is 10.3 Å². The van der Waals surface area contributed by atoms with Crippen LogP contribution < -0.4 is 0 Å². The van der Waals surface area contributed by atoms with Gasteiger partial charge in [-0.15, -0.1) is 0 Å². The van der Waals surface area contributed by atoms with Gasteiger partial charge in [0.25, 0.3) is 0 Å². The molecule has 12 heavy (non-hydrogen) atoms. The Morgan fingerprint density at radius 1 is 1.67 bits per heavy atom. The fourth-order valence-corrected chi connectivity index (χ4v) is 1.27. The molecule has 0 radical (unpaired) electrons. The van der Waals surface area contributed by atoms with Gasteiger partial charge in [0.2, 0.25) is 0 Å². The highest BCUT2D eigenvalue weighted by molar-refractivity contribution is 5.18. The molecule has 0 bridgehead atoms. The number of halogens is 1. The molecule has 1 saturated heterocycles. The van der Waals surface area contributed by atoms with Crippen LogP contribution in [0.3, 0.4) is 0 Å². The van der Waals surface area contributed by atoms with Crippen LogP contribution in [0.4, 0.5) is 4.39 Å². The van der Waals surface area contributed by atoms with Gasteiger partial charge in [0.05, 0.1) is 18.5 Å². The van der Waals surface area contributed by atoms with E-state index in [0.29, 0.717) is 6.61 Å². The lowest BCUT2D eigenvalue weighted by Gasteiger charge is -2.06. The van der Waals surface area contributed by atoms with Crippen molar-refractivity contribution in [3.05, 3.63) is 29.8 Å². The van der Waals surface area contributed by atoms with Crippen LogP contribution in [-0.4, -0.2) is 11.6 Å². The average molecular weight is 167 g/mol. The topological polar surface area (TPSA) is 25.4 Å². The fourth-order valence-electron chi connectivity index (χ4n) is 1.27. The van der Waals surface area contributed by atoms with Crippen LogP contribution in [0.15, 0.2) is 18.3 Å². The Labute approximate surface area is 70.4 Å². The minimum atomic E-state index is -0.300. The summed E-state index contributed by atoms with van der Waals surface area (Å²) < 4.78 is 17.8. The minimum absolute atomic E-state index is 0.201. The second kappa shape index (κ2) is 2.52. The zero-order chi connectivity index (χ0) is 8.60. The van der Waals surface area contributed by atoms with Gasteiger partial charge in [-0.3, -0.25) is 4.98 Å². The summed E-state index contributed by atoms with van der Waals surface area (Å²) in [5.74, 6) is -0.300. The molecule has 1 atom stereocenters. The predicted octanol–water partition coefficient (Wildman–Crippen LogP) is 1.86. The highest BCUT2D eigenvalue weighted by Gasteiger charge is 2.45. The molecule has 3 heteroatoms. The molecule has 1 aromatic rings. The molecule has 0 spiro atoms. The Morgan fingerprint density at radius 3 is 2.83 bits per heavy atom. The van der Waals surface area contributed by atoms with Crippen LogP contribution in [0, 0.1) is 5.82 Å². The van der Waals surface area contributed by atoms with E-state index in [2.05, 4.69) is 4.98 Å². The highest BCUT2D eigenvalue weighted by Crippen LogP contribution is 2.40. The number of rotatable bonds is 2. The summed E-state index contributed by atoms with van der Waals surface area (Å²) in [6.07, 6.45) is 2.13. The SMILES string of the molecule is CCC1(c2ccc(F)cn2)CO1. The molecule has 0 saturated carbocycles. The van der Waals surface area contributed by atoms with Crippen LogP contribution in [0.2, 0.25) is 0 Å². The minimum Gasteiger partial charge on any atom is -0.363 e. The molecule has 0 N–H and O–H groups in total. The Bertz CT molecular complexity index is 279. The van der Waals surface area contributed by atoms with Gasteiger partial charge >= 0.3 is 0 Å². The van der Waals surface area contributed by atoms with Gasteiger partial charge in [0.15, 0.2) is 0 Å². The Hall–Kier alpha value is -0.960. The van der Waals surface area contributed by atoms with Crippen molar-refractivity contribution in [1.29, 1.82) is 0 Å². The van der Waals surface area contributed by atoms with Gasteiger partial charge in [-0.25, -0.2) is 4.39 Å². The molecule has 0 aliphatic carbocycles. The Balaban J connectivity index is 2.29. The number of hydrogen-bond donors (Lipinski definition) is 0. The van der Waals surface area contributed by atoms with E-state index in [9.17, 15) is 4.39 Å². The first kappa shape index (κ1) is 7.68. The lowest BCUT2D eigenvalue weighted by atomic mass is 10.0. The van der Waals surface area contributed by atoms with Gasteiger partial charge in [0.1, 0.15) is 11.4 Å². The number of nitrogens with zero attached hydrogens (tertiary/aromatic N) is 1. The predicted molar refractivity (Wildman–Crippen MR) is 42.1 cm³/mol. The van der Waals surface area contributed by atoms with E-state index >= 15 is 0 Å². The van der Waals surface area contributed by atoms with Crippen molar-refractivity contribution in [2.24, 2.45) is 0 Å². The van der Waals surface area contributed by atoms with Crippen molar-refractivity contribution in [2.75, 3.05) is 6.61 Å². The average Bonchev–Trinajstić information content (AvgIpc) is 2.86. The van der Waals surface area contributed by atoms with Crippen molar-refractivity contribution in [3.63, 3.8) is 0 Å². The number of hydrogen-bond acceptors (Lipinski definition) is 2. The van der Waals surface area contributed by atoms with E-state index in [4.69, 9.17) is 4.74 Å². The quantitative estimate of drug-likeness (QED) is 0.628. The van der Waals surface area contributed by atoms with Crippen molar-refractivity contribution >= 4 is 0 Å². The summed E-state index contributed by atoms with van der Waals surface area (Å²) in [6, 6.07) is 3.10. The maximum atomic E-state index is 12.5. The summed E-state index contributed by atoms with van der Waals surface area (Å²) >= 11 is 0. The smallest absolute Gasteiger partial charge is 0.141 e. The molecular formula is C9H10FNO. The van der Waals surface area contributed by atoms with Crippen molar-refractivity contribution in [3.8, 4) is 0 Å². The standard InChI is InChI=1S/C9H10FNO/c1-2-9(6-12-9)8-4-3-7(10)5-11-8/h3-5H,2,6H2,1H3. The first-order valence-corrected chi connectivity index (χ1v) is 4.03. The largest absolute Gasteiger partial charge is 0.363 e. The van der Waals surface area contributed by atoms with Gasteiger partial charge in [-0.1, -0.05) is 6.92 Å². The van der Waals surface area contributed by atoms with E-state index < -0.39 is 0 Å². The lowest BCUT2D eigenvalue weighted by molar-refractivity contribution is 0.295. The normalized spacial score (nSPS) is 27.2. The third-order valence-corrected chi connectivity index (χ3v) is 2.26. The number of ether oxygens (including phenoxy) is 1. The first-order valence-electron chi connectivity index (χ1n) is 4.03. The molecule has 1 aliphatic heterocycles. The summed E-state index contributed by atoms with van der Waals surface area (Å²) in [4.78, 5) is 3.98. The second-order valence-corrected chi connectivity index (χ2v) is 3.00. The molecule has 2 rings (SSSR count). The highest BCUT2D eigenvalue weighted by atomic mass is 19.1.